The van der Waals surface area contributed by atoms with Crippen molar-refractivity contribution < 1.29 is 17.9 Å². The third-order valence-electron chi connectivity index (χ3n) is 4.70. The molecule has 0 saturated heterocycles. The van der Waals surface area contributed by atoms with Gasteiger partial charge in [-0.1, -0.05) is 6.42 Å². The number of aromatic nitrogens is 2. The summed E-state index contributed by atoms with van der Waals surface area (Å²) in [5.74, 6) is 1.60. The Kier molecular flexibility index (Phi) is 5.27. The number of aromatic hydroxyl groups is 1. The molecule has 0 spiro atoms. The number of rotatable bonds is 4. The molecular formula is C18H23N3O4Se. The number of benzene rings is 1. The zero-order valence-corrected chi connectivity index (χ0v) is 16.5. The first-order valence-electron chi connectivity index (χ1n) is 8.58. The Labute approximate surface area is 154 Å². The van der Waals surface area contributed by atoms with Crippen LogP contribution in [-0.4, -0.2) is 45.3 Å². The van der Waals surface area contributed by atoms with Crippen molar-refractivity contribution in [3.63, 3.8) is 0 Å². The maximum atomic E-state index is 11.7. The fourth-order valence-corrected chi connectivity index (χ4v) is 4.58. The molecule has 26 heavy (non-hydrogen) atoms. The average Bonchev–Trinajstić information content (AvgIpc) is 2.57. The van der Waals surface area contributed by atoms with Gasteiger partial charge in [0.15, 0.2) is 0 Å². The van der Waals surface area contributed by atoms with Gasteiger partial charge in [-0.15, -0.1) is 0 Å². The van der Waals surface area contributed by atoms with E-state index in [-0.39, 0.29) is 22.4 Å². The van der Waals surface area contributed by atoms with E-state index < -0.39 is 12.7 Å². The van der Waals surface area contributed by atoms with Gasteiger partial charge in [0.05, 0.1) is 0 Å². The molecular weight excluding hydrogens is 401 g/mol. The summed E-state index contributed by atoms with van der Waals surface area (Å²) in [6.07, 6.45) is 3.39. The van der Waals surface area contributed by atoms with E-state index >= 15 is 0 Å². The van der Waals surface area contributed by atoms with E-state index in [1.807, 2.05) is 13.0 Å². The summed E-state index contributed by atoms with van der Waals surface area (Å²) in [5.41, 5.74) is 1.72. The topological polar surface area (TPSA) is 112 Å². The molecule has 140 valence electrons. The Bertz CT molecular complexity index is 915. The molecule has 1 aromatic heterocycles. The number of hydrogen-bond donors (Lipinski definition) is 3. The third-order valence-corrected chi connectivity index (χ3v) is 7.03. The molecule has 2 atom stereocenters. The number of nitrogens with one attached hydrogen (secondary N) is 1. The van der Waals surface area contributed by atoms with Crippen molar-refractivity contribution >= 4 is 23.0 Å². The number of aryl methyl sites for hydroxylation is 1. The van der Waals surface area contributed by atoms with Crippen LogP contribution < -0.4 is 9.78 Å². The zero-order valence-electron chi connectivity index (χ0n) is 14.8. The molecule has 1 aliphatic carbocycles. The molecule has 1 saturated carbocycles. The number of aliphatic hydroxyl groups is 1. The van der Waals surface area contributed by atoms with Crippen molar-refractivity contribution in [3.8, 4) is 17.0 Å². The minimum atomic E-state index is -4.15. The first kappa shape index (κ1) is 18.8. The van der Waals surface area contributed by atoms with Crippen molar-refractivity contribution in [2.75, 3.05) is 5.32 Å². The van der Waals surface area contributed by atoms with Crippen LogP contribution in [-0.2, 0) is 7.67 Å². The molecule has 8 heteroatoms. The molecule has 0 radical (unpaired) electrons. The van der Waals surface area contributed by atoms with Crippen molar-refractivity contribution in [2.45, 2.75) is 50.6 Å². The second-order valence-corrected chi connectivity index (χ2v) is 11.0. The zero-order chi connectivity index (χ0) is 18.9. The number of hydrogen-bond acceptors (Lipinski definition) is 7. The molecule has 1 aliphatic rings. The van der Waals surface area contributed by atoms with Crippen LogP contribution in [0.3, 0.4) is 0 Å². The van der Waals surface area contributed by atoms with Gasteiger partial charge in [-0.25, -0.2) is 0 Å². The first-order valence-corrected chi connectivity index (χ1v) is 12.5. The summed E-state index contributed by atoms with van der Waals surface area (Å²) < 4.78 is 23.5. The molecule has 1 aromatic carbocycles. The van der Waals surface area contributed by atoms with Crippen LogP contribution in [0.25, 0.3) is 11.3 Å². The molecule has 3 N–H and O–H groups in total. The Morgan fingerprint density at radius 2 is 1.88 bits per heavy atom. The number of phenols is 1. The summed E-state index contributed by atoms with van der Waals surface area (Å²) >= 11 is -4.15. The predicted molar refractivity (Wildman–Crippen MR) is 98.4 cm³/mol. The molecule has 2 aromatic rings. The molecule has 0 aliphatic heterocycles. The van der Waals surface area contributed by atoms with Crippen molar-refractivity contribution in [1.29, 1.82) is 0 Å². The van der Waals surface area contributed by atoms with Gasteiger partial charge in [0.2, 0.25) is 0 Å². The van der Waals surface area contributed by atoms with Crippen molar-refractivity contribution in [2.24, 2.45) is 0 Å². The fourth-order valence-electron chi connectivity index (χ4n) is 3.23. The molecule has 3 rings (SSSR count). The SMILES string of the molecule is Cc1cc(N[C@@H]2CCCC[C@H]2O)nnc1-c1ccc([Se](C)(=O)=O)cc1O. The number of aliphatic hydroxyl groups excluding tert-OH is 1. The van der Waals surface area contributed by atoms with Gasteiger partial charge in [-0.3, -0.25) is 0 Å². The van der Waals surface area contributed by atoms with E-state index in [4.69, 9.17) is 0 Å². The van der Waals surface area contributed by atoms with Gasteiger partial charge in [-0.05, 0) is 0 Å². The second kappa shape index (κ2) is 7.31. The molecule has 0 bridgehead atoms. The standard InChI is InChI=1S/C18H23N3O4Se/c1-11-9-17(19-14-5-3-4-6-15(14)22)20-21-18(11)13-8-7-12(10-16(13)23)26(2,24)25/h7-10,14-15,22-23H,3-6H2,1-2H3,(H,19,20)/t14-,15-/m1/s1. The summed E-state index contributed by atoms with van der Waals surface area (Å²) in [6.45, 7) is 1.85. The van der Waals surface area contributed by atoms with Crippen molar-refractivity contribution in [3.05, 3.63) is 29.8 Å². The number of anilines is 1. The Morgan fingerprint density at radius 3 is 2.50 bits per heavy atom. The Hall–Kier alpha value is -2.02. The molecule has 7 nitrogen and oxygen atoms in total. The van der Waals surface area contributed by atoms with Crippen LogP contribution in [0.1, 0.15) is 31.2 Å². The van der Waals surface area contributed by atoms with Gasteiger partial charge < -0.3 is 0 Å². The monoisotopic (exact) mass is 425 g/mol. The third kappa shape index (κ3) is 4.03. The molecule has 1 fully saturated rings. The van der Waals surface area contributed by atoms with Crippen molar-refractivity contribution in [1.82, 2.24) is 10.2 Å². The normalized spacial score (nSPS) is 20.7. The summed E-state index contributed by atoms with van der Waals surface area (Å²) in [6, 6.07) is 6.05. The predicted octanol–water partition coefficient (Wildman–Crippen LogP) is 2.01. The number of phenolic OH excluding ortho intramolecular Hbond substituents is 1. The second-order valence-electron chi connectivity index (χ2n) is 6.81. The van der Waals surface area contributed by atoms with Crippen LogP contribution in [0.5, 0.6) is 5.75 Å². The van der Waals surface area contributed by atoms with Crippen LogP contribution in [0, 0.1) is 6.92 Å². The van der Waals surface area contributed by atoms with E-state index in [0.29, 0.717) is 17.1 Å². The summed E-state index contributed by atoms with van der Waals surface area (Å²) in [7, 11) is 0. The fraction of sp³-hybridized carbons (Fsp3) is 0.444. The van der Waals surface area contributed by atoms with E-state index in [1.165, 1.54) is 12.1 Å². The van der Waals surface area contributed by atoms with Gasteiger partial charge in [-0.2, -0.15) is 0 Å². The van der Waals surface area contributed by atoms with E-state index in [1.54, 1.807) is 6.07 Å². The Morgan fingerprint density at radius 1 is 1.15 bits per heavy atom. The summed E-state index contributed by atoms with van der Waals surface area (Å²) in [4.78, 5) is 0. The molecule has 0 amide bonds. The minimum absolute atomic E-state index is 0.0339. The summed E-state index contributed by atoms with van der Waals surface area (Å²) in [5, 5.41) is 31.9. The Balaban J connectivity index is 1.86. The van der Waals surface area contributed by atoms with E-state index in [0.717, 1.165) is 37.1 Å². The first-order chi connectivity index (χ1) is 12.3. The van der Waals surface area contributed by atoms with Crippen LogP contribution in [0.15, 0.2) is 24.3 Å². The van der Waals surface area contributed by atoms with Gasteiger partial charge in [0, 0.05) is 0 Å². The van der Waals surface area contributed by atoms with Gasteiger partial charge in [0.1, 0.15) is 0 Å². The maximum absolute atomic E-state index is 11.7. The average molecular weight is 424 g/mol. The van der Waals surface area contributed by atoms with Gasteiger partial charge >= 0.3 is 147 Å². The van der Waals surface area contributed by atoms with Crippen LogP contribution in [0.2, 0.25) is 5.82 Å². The number of nitrogens with zero attached hydrogens (tertiary/aromatic N) is 2. The van der Waals surface area contributed by atoms with E-state index in [9.17, 15) is 17.9 Å². The van der Waals surface area contributed by atoms with Crippen LogP contribution in [0.4, 0.5) is 5.82 Å². The van der Waals surface area contributed by atoms with E-state index in [2.05, 4.69) is 15.5 Å². The van der Waals surface area contributed by atoms with Crippen LogP contribution >= 0.6 is 0 Å². The molecule has 0 unspecified atom stereocenters. The quantitative estimate of drug-likeness (QED) is 0.644. The molecule has 1 heterocycles. The van der Waals surface area contributed by atoms with Gasteiger partial charge in [0.25, 0.3) is 0 Å².